The fourth-order valence-electron chi connectivity index (χ4n) is 3.21. The number of aryl methyl sites for hydroxylation is 1. The van der Waals surface area contributed by atoms with Crippen molar-refractivity contribution in [1.82, 2.24) is 19.8 Å². The number of likely N-dealkylation sites (tertiary alicyclic amines) is 1. The van der Waals surface area contributed by atoms with Crippen molar-refractivity contribution in [1.29, 1.82) is 0 Å². The van der Waals surface area contributed by atoms with Gasteiger partial charge in [-0.05, 0) is 19.4 Å². The van der Waals surface area contributed by atoms with Crippen molar-refractivity contribution in [3.63, 3.8) is 0 Å². The average Bonchev–Trinajstić information content (AvgIpc) is 3.08. The maximum absolute atomic E-state index is 14.4. The van der Waals surface area contributed by atoms with Gasteiger partial charge in [-0.2, -0.15) is 13.8 Å². The molecule has 3 rings (SSSR count). The first-order valence-corrected chi connectivity index (χ1v) is 8.56. The summed E-state index contributed by atoms with van der Waals surface area (Å²) in [6, 6.07) is 1.42. The van der Waals surface area contributed by atoms with Crippen LogP contribution in [0, 0.1) is 6.92 Å². The van der Waals surface area contributed by atoms with Gasteiger partial charge in [0.15, 0.2) is 0 Å². The number of nitrogens with zero attached hydrogens (tertiary/aromatic N) is 3. The molecule has 2 N–H and O–H groups in total. The summed E-state index contributed by atoms with van der Waals surface area (Å²) in [5.41, 5.74) is -0.453. The van der Waals surface area contributed by atoms with Crippen molar-refractivity contribution in [2.75, 3.05) is 26.2 Å². The summed E-state index contributed by atoms with van der Waals surface area (Å²) in [7, 11) is 0. The molecule has 1 aromatic rings. The topological polar surface area (TPSA) is 96.7 Å². The molecule has 0 aliphatic carbocycles. The second-order valence-electron chi connectivity index (χ2n) is 6.59. The van der Waals surface area contributed by atoms with E-state index in [1.165, 1.54) is 12.3 Å². The van der Waals surface area contributed by atoms with Gasteiger partial charge in [0.05, 0.1) is 0 Å². The summed E-state index contributed by atoms with van der Waals surface area (Å²) in [4.78, 5) is 28.7. The molecule has 0 bridgehead atoms. The Morgan fingerprint density at radius 2 is 2.23 bits per heavy atom. The zero-order valence-electron chi connectivity index (χ0n) is 14.4. The highest BCUT2D eigenvalue weighted by atomic mass is 19.3. The number of hydrogen-bond donors (Lipinski definition) is 2. The van der Waals surface area contributed by atoms with Crippen molar-refractivity contribution in [3.05, 3.63) is 28.4 Å². The Kier molecular flexibility index (Phi) is 5.35. The van der Waals surface area contributed by atoms with Crippen LogP contribution in [0.3, 0.4) is 0 Å². The molecular formula is C16H22F2N4O4. The molecule has 0 unspecified atom stereocenters. The molecule has 144 valence electrons. The molecule has 0 saturated carbocycles. The molecule has 1 aromatic heterocycles. The van der Waals surface area contributed by atoms with Crippen LogP contribution in [0.2, 0.25) is 0 Å². The minimum Gasteiger partial charge on any atom is -0.384 e. The van der Waals surface area contributed by atoms with Crippen LogP contribution in [0.25, 0.3) is 0 Å². The highest BCUT2D eigenvalue weighted by Crippen LogP contribution is 2.41. The van der Waals surface area contributed by atoms with E-state index in [4.69, 9.17) is 4.74 Å². The predicted octanol–water partition coefficient (Wildman–Crippen LogP) is -0.343. The number of aromatic nitrogens is 2. The molecule has 2 saturated heterocycles. The van der Waals surface area contributed by atoms with Crippen LogP contribution in [-0.4, -0.2) is 69.8 Å². The van der Waals surface area contributed by atoms with Crippen LogP contribution in [0.1, 0.15) is 24.8 Å². The summed E-state index contributed by atoms with van der Waals surface area (Å²) in [6.07, 6.45) is -2.59. The molecule has 2 aliphatic heterocycles. The molecule has 0 radical (unpaired) electrons. The van der Waals surface area contributed by atoms with Crippen molar-refractivity contribution >= 4 is 5.91 Å². The van der Waals surface area contributed by atoms with Gasteiger partial charge in [0.2, 0.25) is 12.1 Å². The Bertz CT molecular complexity index is 726. The highest BCUT2D eigenvalue weighted by molar-refractivity contribution is 5.78. The van der Waals surface area contributed by atoms with Gasteiger partial charge >= 0.3 is 11.6 Å². The van der Waals surface area contributed by atoms with Crippen molar-refractivity contribution in [2.45, 2.75) is 44.1 Å². The minimum atomic E-state index is -3.63. The normalized spacial score (nSPS) is 28.1. The molecule has 3 atom stereocenters. The van der Waals surface area contributed by atoms with E-state index in [-0.39, 0.29) is 12.5 Å². The molecule has 1 amide bonds. The number of alkyl halides is 2. The van der Waals surface area contributed by atoms with E-state index in [2.05, 4.69) is 10.3 Å². The van der Waals surface area contributed by atoms with E-state index in [0.717, 1.165) is 6.42 Å². The Balaban J connectivity index is 1.59. The third-order valence-corrected chi connectivity index (χ3v) is 4.68. The number of rotatable bonds is 6. The van der Waals surface area contributed by atoms with Crippen LogP contribution in [0.5, 0.6) is 0 Å². The van der Waals surface area contributed by atoms with E-state index < -0.39 is 30.0 Å². The van der Waals surface area contributed by atoms with E-state index >= 15 is 0 Å². The van der Waals surface area contributed by atoms with Gasteiger partial charge in [0, 0.05) is 44.5 Å². The molecule has 0 aromatic carbocycles. The first kappa shape index (κ1) is 18.9. The minimum absolute atomic E-state index is 0.0245. The number of hydrogen-bond acceptors (Lipinski definition) is 6. The molecule has 2 fully saturated rings. The van der Waals surface area contributed by atoms with Crippen LogP contribution < -0.4 is 11.0 Å². The number of ether oxygens (including phenoxy) is 1. The summed E-state index contributed by atoms with van der Waals surface area (Å²) < 4.78 is 34.7. The molecule has 8 nitrogen and oxygen atoms in total. The van der Waals surface area contributed by atoms with Crippen molar-refractivity contribution in [3.8, 4) is 0 Å². The van der Waals surface area contributed by atoms with E-state index in [9.17, 15) is 23.5 Å². The number of nitrogens with one attached hydrogen (secondary N) is 1. The van der Waals surface area contributed by atoms with E-state index in [1.807, 2.05) is 0 Å². The Labute approximate surface area is 148 Å². The lowest BCUT2D eigenvalue weighted by Gasteiger charge is -2.21. The lowest BCUT2D eigenvalue weighted by molar-refractivity contribution is -0.140. The smallest absolute Gasteiger partial charge is 0.350 e. The quantitative estimate of drug-likeness (QED) is 0.663. The third-order valence-electron chi connectivity index (χ3n) is 4.68. The lowest BCUT2D eigenvalue weighted by Crippen LogP contribution is -2.44. The maximum Gasteiger partial charge on any atom is 0.350 e. The molecule has 10 heteroatoms. The van der Waals surface area contributed by atoms with Gasteiger partial charge in [-0.15, -0.1) is 0 Å². The van der Waals surface area contributed by atoms with Crippen LogP contribution in [0.15, 0.2) is 17.1 Å². The Hall–Kier alpha value is -1.91. The summed E-state index contributed by atoms with van der Waals surface area (Å²) in [5.74, 6) is -3.54. The predicted molar refractivity (Wildman–Crippen MR) is 86.8 cm³/mol. The highest BCUT2D eigenvalue weighted by Gasteiger charge is 2.59. The SMILES string of the molecule is Cc1ccn([C@@H]2O[C@H](CNCCN3CCCC3=O)[C@@H](O)C2(F)F)c(=O)n1. The average molecular weight is 372 g/mol. The number of amides is 1. The molecule has 0 spiro atoms. The number of carbonyl (C=O) groups excluding carboxylic acids is 1. The first-order chi connectivity index (χ1) is 12.3. The number of aliphatic hydroxyl groups excluding tert-OH is 1. The van der Waals surface area contributed by atoms with Gasteiger partial charge in [-0.25, -0.2) is 4.79 Å². The van der Waals surface area contributed by atoms with Crippen molar-refractivity contribution < 1.29 is 23.4 Å². The fourth-order valence-corrected chi connectivity index (χ4v) is 3.21. The van der Waals surface area contributed by atoms with E-state index in [1.54, 1.807) is 11.8 Å². The van der Waals surface area contributed by atoms with Crippen LogP contribution in [-0.2, 0) is 9.53 Å². The van der Waals surface area contributed by atoms with Gasteiger partial charge in [0.25, 0.3) is 0 Å². The molecular weight excluding hydrogens is 350 g/mol. The fraction of sp³-hybridized carbons (Fsp3) is 0.688. The molecule has 26 heavy (non-hydrogen) atoms. The summed E-state index contributed by atoms with van der Waals surface area (Å²) in [5, 5.41) is 12.9. The van der Waals surface area contributed by atoms with Gasteiger partial charge in [0.1, 0.15) is 12.2 Å². The zero-order valence-corrected chi connectivity index (χ0v) is 14.4. The summed E-state index contributed by atoms with van der Waals surface area (Å²) >= 11 is 0. The van der Waals surface area contributed by atoms with Gasteiger partial charge in [-0.3, -0.25) is 9.36 Å². The third kappa shape index (κ3) is 3.62. The molecule has 3 heterocycles. The van der Waals surface area contributed by atoms with Gasteiger partial charge in [-0.1, -0.05) is 0 Å². The first-order valence-electron chi connectivity index (χ1n) is 8.56. The Morgan fingerprint density at radius 1 is 1.46 bits per heavy atom. The van der Waals surface area contributed by atoms with Crippen molar-refractivity contribution in [2.24, 2.45) is 0 Å². The Morgan fingerprint density at radius 3 is 2.88 bits per heavy atom. The number of aliphatic hydroxyl groups is 1. The monoisotopic (exact) mass is 372 g/mol. The van der Waals surface area contributed by atoms with Crippen LogP contribution in [0.4, 0.5) is 8.78 Å². The zero-order chi connectivity index (χ0) is 18.9. The molecule has 2 aliphatic rings. The van der Waals surface area contributed by atoms with E-state index in [0.29, 0.717) is 36.3 Å². The van der Waals surface area contributed by atoms with Gasteiger partial charge < -0.3 is 20.1 Å². The maximum atomic E-state index is 14.4. The second kappa shape index (κ2) is 7.37. The standard InChI is InChI=1S/C16H22F2N4O4/c1-10-4-7-22(15(25)20-10)14-16(17,18)13(24)11(26-14)9-19-5-8-21-6-2-3-12(21)23/h4,7,11,13-14,19,24H,2-3,5-6,8-9H2,1H3/t11-,13-,14-/m1/s1. The lowest BCUT2D eigenvalue weighted by atomic mass is 10.1. The second-order valence-corrected chi connectivity index (χ2v) is 6.59. The number of halogens is 2. The summed E-state index contributed by atoms with van der Waals surface area (Å²) in [6.45, 7) is 3.13. The van der Waals surface area contributed by atoms with Crippen LogP contribution >= 0.6 is 0 Å². The number of carbonyl (C=O) groups is 1. The largest absolute Gasteiger partial charge is 0.384 e.